The molecule has 0 aliphatic carbocycles. The van der Waals surface area contributed by atoms with Crippen molar-refractivity contribution in [2.24, 2.45) is 11.1 Å². The number of nitrogens with zero attached hydrogens (tertiary/aromatic N) is 1. The summed E-state index contributed by atoms with van der Waals surface area (Å²) in [4.78, 5) is 13.7. The van der Waals surface area contributed by atoms with Crippen LogP contribution in [0.1, 0.15) is 47.0 Å². The van der Waals surface area contributed by atoms with E-state index < -0.39 is 5.60 Å². The Labute approximate surface area is 104 Å². The number of aliphatic hydroxyl groups is 1. The molecule has 2 atom stereocenters. The van der Waals surface area contributed by atoms with Crippen molar-refractivity contribution >= 4 is 5.91 Å². The van der Waals surface area contributed by atoms with E-state index in [1.54, 1.807) is 11.8 Å². The second-order valence-corrected chi connectivity index (χ2v) is 6.79. The lowest BCUT2D eigenvalue weighted by Crippen LogP contribution is -2.38. The van der Waals surface area contributed by atoms with E-state index in [-0.39, 0.29) is 17.4 Å². The fourth-order valence-electron chi connectivity index (χ4n) is 2.37. The summed E-state index contributed by atoms with van der Waals surface area (Å²) in [6.45, 7) is 9.23. The van der Waals surface area contributed by atoms with Crippen molar-refractivity contribution in [3.63, 3.8) is 0 Å². The first-order chi connectivity index (χ1) is 7.59. The van der Waals surface area contributed by atoms with Gasteiger partial charge < -0.3 is 15.7 Å². The van der Waals surface area contributed by atoms with Crippen molar-refractivity contribution in [3.05, 3.63) is 0 Å². The van der Waals surface area contributed by atoms with Gasteiger partial charge in [-0.15, -0.1) is 0 Å². The predicted octanol–water partition coefficient (Wildman–Crippen LogP) is 1.12. The van der Waals surface area contributed by atoms with E-state index in [0.29, 0.717) is 25.9 Å². The maximum Gasteiger partial charge on any atom is 0.224 e. The van der Waals surface area contributed by atoms with Gasteiger partial charge in [-0.25, -0.2) is 0 Å². The Kier molecular flexibility index (Phi) is 4.20. The minimum absolute atomic E-state index is 0.0690. The van der Waals surface area contributed by atoms with Crippen molar-refractivity contribution in [2.45, 2.75) is 58.6 Å². The monoisotopic (exact) mass is 242 g/mol. The molecule has 4 nitrogen and oxygen atoms in total. The Bertz CT molecular complexity index is 282. The first-order valence-corrected chi connectivity index (χ1v) is 6.35. The topological polar surface area (TPSA) is 66.6 Å². The number of carbonyl (C=O) groups excluding carboxylic acids is 1. The molecule has 0 aromatic carbocycles. The fraction of sp³-hybridized carbons (Fsp3) is 0.923. The van der Waals surface area contributed by atoms with Crippen molar-refractivity contribution in [1.29, 1.82) is 0 Å². The summed E-state index contributed by atoms with van der Waals surface area (Å²) < 4.78 is 0. The molecule has 0 radical (unpaired) electrons. The molecule has 1 rings (SSSR count). The van der Waals surface area contributed by atoms with Gasteiger partial charge >= 0.3 is 0 Å². The minimum Gasteiger partial charge on any atom is -0.388 e. The number of carbonyl (C=O) groups is 1. The van der Waals surface area contributed by atoms with E-state index in [9.17, 15) is 9.90 Å². The molecule has 0 spiro atoms. The number of likely N-dealkylation sites (tertiary alicyclic amines) is 1. The number of β-amino-alcohol motifs (C(OH)–C–C–N with tert-alkyl or cyclic N) is 1. The van der Waals surface area contributed by atoms with Crippen LogP contribution in [-0.2, 0) is 4.79 Å². The van der Waals surface area contributed by atoms with Crippen molar-refractivity contribution in [3.8, 4) is 0 Å². The van der Waals surface area contributed by atoms with Gasteiger partial charge in [0.25, 0.3) is 0 Å². The molecule has 1 fully saturated rings. The highest BCUT2D eigenvalue weighted by Gasteiger charge is 2.34. The Morgan fingerprint density at radius 2 is 2.12 bits per heavy atom. The number of nitrogens with two attached hydrogens (primary N) is 1. The van der Waals surface area contributed by atoms with Crippen LogP contribution in [0.15, 0.2) is 0 Å². The largest absolute Gasteiger partial charge is 0.388 e. The van der Waals surface area contributed by atoms with E-state index in [0.717, 1.165) is 6.42 Å². The van der Waals surface area contributed by atoms with E-state index in [1.807, 2.05) is 0 Å². The molecule has 0 bridgehead atoms. The molecular weight excluding hydrogens is 216 g/mol. The van der Waals surface area contributed by atoms with Crippen LogP contribution in [0.5, 0.6) is 0 Å². The van der Waals surface area contributed by atoms with Crippen LogP contribution in [0, 0.1) is 5.41 Å². The van der Waals surface area contributed by atoms with E-state index in [4.69, 9.17) is 5.73 Å². The molecule has 0 saturated carbocycles. The third kappa shape index (κ3) is 5.04. The van der Waals surface area contributed by atoms with Crippen molar-refractivity contribution in [1.82, 2.24) is 4.90 Å². The van der Waals surface area contributed by atoms with E-state index in [1.165, 1.54) is 0 Å². The van der Waals surface area contributed by atoms with Gasteiger partial charge in [-0.2, -0.15) is 0 Å². The van der Waals surface area contributed by atoms with Crippen LogP contribution < -0.4 is 5.73 Å². The van der Waals surface area contributed by atoms with Gasteiger partial charge in [-0.1, -0.05) is 20.8 Å². The lowest BCUT2D eigenvalue weighted by Gasteiger charge is -2.25. The van der Waals surface area contributed by atoms with Gasteiger partial charge in [0.1, 0.15) is 0 Å². The first kappa shape index (κ1) is 14.5. The molecule has 4 heteroatoms. The van der Waals surface area contributed by atoms with Gasteiger partial charge in [0.2, 0.25) is 5.91 Å². The highest BCUT2D eigenvalue weighted by Crippen LogP contribution is 2.24. The molecule has 0 aromatic heterocycles. The Balaban J connectivity index is 2.40. The van der Waals surface area contributed by atoms with Gasteiger partial charge in [-0.05, 0) is 25.2 Å². The van der Waals surface area contributed by atoms with Crippen LogP contribution in [0.2, 0.25) is 0 Å². The highest BCUT2D eigenvalue weighted by atomic mass is 16.3. The van der Waals surface area contributed by atoms with Gasteiger partial charge in [0, 0.05) is 25.6 Å². The van der Waals surface area contributed by atoms with Crippen LogP contribution in [0.3, 0.4) is 0 Å². The highest BCUT2D eigenvalue weighted by molar-refractivity contribution is 5.77. The van der Waals surface area contributed by atoms with Crippen LogP contribution in [0.4, 0.5) is 0 Å². The molecule has 1 amide bonds. The summed E-state index contributed by atoms with van der Waals surface area (Å²) in [7, 11) is 0. The molecule has 3 N–H and O–H groups in total. The number of hydrogen-bond acceptors (Lipinski definition) is 3. The predicted molar refractivity (Wildman–Crippen MR) is 68.5 cm³/mol. The molecule has 1 saturated heterocycles. The summed E-state index contributed by atoms with van der Waals surface area (Å²) >= 11 is 0. The maximum absolute atomic E-state index is 12.0. The summed E-state index contributed by atoms with van der Waals surface area (Å²) in [6, 6.07) is -0.0898. The quantitative estimate of drug-likeness (QED) is 0.779. The molecule has 1 aliphatic heterocycles. The Hall–Kier alpha value is -0.610. The summed E-state index contributed by atoms with van der Waals surface area (Å²) in [6.07, 6.45) is 1.88. The van der Waals surface area contributed by atoms with Gasteiger partial charge in [0.15, 0.2) is 0 Å². The summed E-state index contributed by atoms with van der Waals surface area (Å²) in [5.41, 5.74) is 5.42. The van der Waals surface area contributed by atoms with E-state index >= 15 is 0 Å². The fourth-order valence-corrected chi connectivity index (χ4v) is 2.37. The number of hydrogen-bond donors (Lipinski definition) is 2. The molecule has 1 heterocycles. The van der Waals surface area contributed by atoms with Crippen molar-refractivity contribution < 1.29 is 9.90 Å². The zero-order chi connectivity index (χ0) is 13.3. The molecule has 2 unspecified atom stereocenters. The normalized spacial score (nSPS) is 27.3. The zero-order valence-corrected chi connectivity index (χ0v) is 11.5. The SMILES string of the molecule is CC(C)(C)CC(N)CC(=O)N1CCC(C)(O)C1. The average molecular weight is 242 g/mol. The lowest BCUT2D eigenvalue weighted by atomic mass is 9.87. The maximum atomic E-state index is 12.0. The molecule has 1 aliphatic rings. The smallest absolute Gasteiger partial charge is 0.224 e. The second kappa shape index (κ2) is 4.94. The summed E-state index contributed by atoms with van der Waals surface area (Å²) in [5.74, 6) is 0.0690. The second-order valence-electron chi connectivity index (χ2n) is 6.79. The van der Waals surface area contributed by atoms with Crippen molar-refractivity contribution in [2.75, 3.05) is 13.1 Å². The minimum atomic E-state index is -0.718. The third-order valence-corrected chi connectivity index (χ3v) is 3.12. The standard InChI is InChI=1S/C13H26N2O2/c1-12(2,3)8-10(14)7-11(16)15-6-5-13(4,17)9-15/h10,17H,5-9,14H2,1-4H3. The van der Waals surface area contributed by atoms with Crippen LogP contribution in [-0.4, -0.2) is 40.6 Å². The Morgan fingerprint density at radius 1 is 1.53 bits per heavy atom. The van der Waals surface area contributed by atoms with Gasteiger partial charge in [-0.3, -0.25) is 4.79 Å². The van der Waals surface area contributed by atoms with Crippen LogP contribution >= 0.6 is 0 Å². The third-order valence-electron chi connectivity index (χ3n) is 3.12. The number of rotatable bonds is 3. The van der Waals surface area contributed by atoms with Crippen LogP contribution in [0.25, 0.3) is 0 Å². The Morgan fingerprint density at radius 3 is 2.53 bits per heavy atom. The molecular formula is C13H26N2O2. The van der Waals surface area contributed by atoms with Gasteiger partial charge in [0.05, 0.1) is 5.60 Å². The lowest BCUT2D eigenvalue weighted by molar-refractivity contribution is -0.131. The summed E-state index contributed by atoms with van der Waals surface area (Å²) in [5, 5.41) is 9.81. The first-order valence-electron chi connectivity index (χ1n) is 6.35. The molecule has 17 heavy (non-hydrogen) atoms. The zero-order valence-electron chi connectivity index (χ0n) is 11.5. The van der Waals surface area contributed by atoms with E-state index in [2.05, 4.69) is 20.8 Å². The molecule has 0 aromatic rings. The average Bonchev–Trinajstić information content (AvgIpc) is 2.42. The molecule has 100 valence electrons. The number of amides is 1.